The van der Waals surface area contributed by atoms with E-state index in [1.165, 1.54) is 30.6 Å². The third kappa shape index (κ3) is 3.65. The normalized spacial score (nSPS) is 14.4. The van der Waals surface area contributed by atoms with E-state index in [-0.39, 0.29) is 5.69 Å². The third-order valence-corrected chi connectivity index (χ3v) is 3.74. The van der Waals surface area contributed by atoms with Crippen LogP contribution in [0.2, 0.25) is 0 Å². The Morgan fingerprint density at radius 2 is 1.96 bits per heavy atom. The molecule has 1 N–H and O–H groups in total. The van der Waals surface area contributed by atoms with E-state index in [0.29, 0.717) is 37.7 Å². The van der Waals surface area contributed by atoms with Crippen LogP contribution in [0, 0.1) is 5.82 Å². The van der Waals surface area contributed by atoms with Gasteiger partial charge in [0.25, 0.3) is 5.91 Å². The lowest BCUT2D eigenvalue weighted by Crippen LogP contribution is -2.46. The summed E-state index contributed by atoms with van der Waals surface area (Å²) in [6.07, 6.45) is 3.75. The molecule has 0 saturated carbocycles. The van der Waals surface area contributed by atoms with Gasteiger partial charge in [0.1, 0.15) is 17.3 Å². The van der Waals surface area contributed by atoms with Crippen LogP contribution in [0.1, 0.15) is 10.5 Å². The second-order valence-corrected chi connectivity index (χ2v) is 5.35. The summed E-state index contributed by atoms with van der Waals surface area (Å²) in [6, 6.07) is 5.63. The molecule has 1 aliphatic heterocycles. The zero-order valence-electron chi connectivity index (χ0n) is 12.9. The maximum Gasteiger partial charge on any atom is 0.275 e. The Morgan fingerprint density at radius 1 is 1.17 bits per heavy atom. The third-order valence-electron chi connectivity index (χ3n) is 3.74. The first-order valence-electron chi connectivity index (χ1n) is 7.49. The van der Waals surface area contributed by atoms with Crippen molar-refractivity contribution < 1.29 is 14.0 Å². The zero-order valence-corrected chi connectivity index (χ0v) is 12.9. The van der Waals surface area contributed by atoms with Crippen LogP contribution in [-0.4, -0.2) is 53.4 Å². The quantitative estimate of drug-likeness (QED) is 0.851. The molecule has 8 heteroatoms. The molecule has 0 radical (unpaired) electrons. The van der Waals surface area contributed by atoms with E-state index >= 15 is 0 Å². The van der Waals surface area contributed by atoms with Crippen molar-refractivity contribution >= 4 is 23.8 Å². The number of nitrogens with one attached hydrogen (secondary N) is 1. The summed E-state index contributed by atoms with van der Waals surface area (Å²) < 4.78 is 13.1. The molecule has 3 rings (SSSR count). The maximum atomic E-state index is 13.1. The number of halogens is 1. The molecule has 2 aromatic rings. The summed E-state index contributed by atoms with van der Waals surface area (Å²) >= 11 is 0. The molecule has 2 amide bonds. The van der Waals surface area contributed by atoms with Crippen molar-refractivity contribution in [1.29, 1.82) is 0 Å². The number of aromatic nitrogens is 2. The Labute approximate surface area is 138 Å². The van der Waals surface area contributed by atoms with Crippen molar-refractivity contribution in [2.24, 2.45) is 0 Å². The Hall–Kier alpha value is -3.03. The highest BCUT2D eigenvalue weighted by Crippen LogP contribution is 2.13. The van der Waals surface area contributed by atoms with Gasteiger partial charge in [-0.05, 0) is 18.2 Å². The van der Waals surface area contributed by atoms with Gasteiger partial charge in [-0.2, -0.15) is 0 Å². The van der Waals surface area contributed by atoms with Gasteiger partial charge in [0.15, 0.2) is 0 Å². The van der Waals surface area contributed by atoms with Crippen molar-refractivity contribution in [3.8, 4) is 0 Å². The van der Waals surface area contributed by atoms with Crippen LogP contribution in [0.3, 0.4) is 0 Å². The Kier molecular flexibility index (Phi) is 4.64. The maximum absolute atomic E-state index is 13.1. The second-order valence-electron chi connectivity index (χ2n) is 5.35. The predicted molar refractivity (Wildman–Crippen MR) is 86.2 cm³/mol. The molecular weight excluding hydrogens is 313 g/mol. The van der Waals surface area contributed by atoms with E-state index in [1.54, 1.807) is 11.0 Å². The molecule has 0 atom stereocenters. The fraction of sp³-hybridized carbons (Fsp3) is 0.250. The first-order valence-corrected chi connectivity index (χ1v) is 7.49. The van der Waals surface area contributed by atoms with Crippen molar-refractivity contribution in [2.75, 3.05) is 36.4 Å². The lowest BCUT2D eigenvalue weighted by molar-refractivity contribution is -0.118. The molecular formula is C16H16FN5O2. The fourth-order valence-corrected chi connectivity index (χ4v) is 2.42. The molecule has 0 aliphatic carbocycles. The standard InChI is InChI=1S/C16H16FN5O2/c17-12-2-1-3-13(8-12)20-16(24)14-9-19-15(10-18-14)22-6-4-21(11-23)5-7-22/h1-3,8-11H,4-7H2,(H,20,24). The summed E-state index contributed by atoms with van der Waals surface area (Å²) in [7, 11) is 0. The average molecular weight is 329 g/mol. The number of hydrogen-bond donors (Lipinski definition) is 1. The Morgan fingerprint density at radius 3 is 2.58 bits per heavy atom. The largest absolute Gasteiger partial charge is 0.352 e. The topological polar surface area (TPSA) is 78.4 Å². The highest BCUT2D eigenvalue weighted by molar-refractivity contribution is 6.02. The lowest BCUT2D eigenvalue weighted by Gasteiger charge is -2.33. The van der Waals surface area contributed by atoms with Gasteiger partial charge < -0.3 is 15.1 Å². The zero-order chi connectivity index (χ0) is 16.9. The van der Waals surface area contributed by atoms with E-state index < -0.39 is 11.7 Å². The van der Waals surface area contributed by atoms with Crippen molar-refractivity contribution in [3.05, 3.63) is 48.2 Å². The van der Waals surface area contributed by atoms with Gasteiger partial charge in [0, 0.05) is 31.9 Å². The molecule has 0 bridgehead atoms. The van der Waals surface area contributed by atoms with Crippen molar-refractivity contribution in [3.63, 3.8) is 0 Å². The van der Waals surface area contributed by atoms with Gasteiger partial charge in [-0.3, -0.25) is 9.59 Å². The van der Waals surface area contributed by atoms with Gasteiger partial charge in [0.05, 0.1) is 12.4 Å². The highest BCUT2D eigenvalue weighted by atomic mass is 19.1. The first-order chi connectivity index (χ1) is 11.7. The molecule has 1 aromatic carbocycles. The lowest BCUT2D eigenvalue weighted by atomic mass is 10.3. The Bertz CT molecular complexity index is 730. The molecule has 1 aliphatic rings. The summed E-state index contributed by atoms with van der Waals surface area (Å²) in [6.45, 7) is 2.60. The highest BCUT2D eigenvalue weighted by Gasteiger charge is 2.17. The molecule has 2 heterocycles. The van der Waals surface area contributed by atoms with E-state index in [4.69, 9.17) is 0 Å². The van der Waals surface area contributed by atoms with Crippen LogP contribution in [0.25, 0.3) is 0 Å². The monoisotopic (exact) mass is 329 g/mol. The number of rotatable bonds is 4. The van der Waals surface area contributed by atoms with Gasteiger partial charge in [-0.15, -0.1) is 0 Å². The first kappa shape index (κ1) is 15.9. The van der Waals surface area contributed by atoms with Crippen molar-refractivity contribution in [1.82, 2.24) is 14.9 Å². The number of nitrogens with zero attached hydrogens (tertiary/aromatic N) is 4. The number of benzene rings is 1. The van der Waals surface area contributed by atoms with Crippen molar-refractivity contribution in [2.45, 2.75) is 0 Å². The molecule has 0 spiro atoms. The van der Waals surface area contributed by atoms with Crippen LogP contribution < -0.4 is 10.2 Å². The number of carbonyl (C=O) groups is 2. The van der Waals surface area contributed by atoms with Crippen LogP contribution in [-0.2, 0) is 4.79 Å². The molecule has 1 saturated heterocycles. The summed E-state index contributed by atoms with van der Waals surface area (Å²) in [5.74, 6) is -0.225. The van der Waals surface area contributed by atoms with E-state index in [1.807, 2.05) is 4.90 Å². The van der Waals surface area contributed by atoms with Crippen LogP contribution in [0.15, 0.2) is 36.7 Å². The summed E-state index contributed by atoms with van der Waals surface area (Å²) in [4.78, 5) is 34.9. The molecule has 0 unspecified atom stereocenters. The Balaban J connectivity index is 1.64. The molecule has 7 nitrogen and oxygen atoms in total. The summed E-state index contributed by atoms with van der Waals surface area (Å²) in [5.41, 5.74) is 0.505. The molecule has 124 valence electrons. The van der Waals surface area contributed by atoms with Crippen LogP contribution in [0.5, 0.6) is 0 Å². The molecule has 24 heavy (non-hydrogen) atoms. The SMILES string of the molecule is O=CN1CCN(c2cnc(C(=O)Nc3cccc(F)c3)cn2)CC1. The van der Waals surface area contributed by atoms with Gasteiger partial charge in [-0.1, -0.05) is 6.07 Å². The second kappa shape index (κ2) is 7.03. The van der Waals surface area contributed by atoms with E-state index in [2.05, 4.69) is 15.3 Å². The average Bonchev–Trinajstić information content (AvgIpc) is 2.62. The number of amides is 2. The molecule has 1 aromatic heterocycles. The number of piperazine rings is 1. The van der Waals surface area contributed by atoms with Gasteiger partial charge >= 0.3 is 0 Å². The van der Waals surface area contributed by atoms with Gasteiger partial charge in [0.2, 0.25) is 6.41 Å². The number of carbonyl (C=O) groups excluding carboxylic acids is 2. The van der Waals surface area contributed by atoms with Crippen LogP contribution >= 0.6 is 0 Å². The van der Waals surface area contributed by atoms with E-state index in [0.717, 1.165) is 6.41 Å². The number of anilines is 2. The molecule has 1 fully saturated rings. The minimum absolute atomic E-state index is 0.148. The minimum Gasteiger partial charge on any atom is -0.352 e. The van der Waals surface area contributed by atoms with Crippen LogP contribution in [0.4, 0.5) is 15.9 Å². The smallest absolute Gasteiger partial charge is 0.275 e. The summed E-state index contributed by atoms with van der Waals surface area (Å²) in [5, 5.41) is 2.57. The number of hydrogen-bond acceptors (Lipinski definition) is 5. The predicted octanol–water partition coefficient (Wildman–Crippen LogP) is 1.15. The van der Waals surface area contributed by atoms with Gasteiger partial charge in [-0.25, -0.2) is 14.4 Å². The van der Waals surface area contributed by atoms with E-state index in [9.17, 15) is 14.0 Å². The minimum atomic E-state index is -0.453. The fourth-order valence-electron chi connectivity index (χ4n) is 2.42.